The Hall–Kier alpha value is -1.88. The van der Waals surface area contributed by atoms with E-state index in [4.69, 9.17) is 5.73 Å². The van der Waals surface area contributed by atoms with E-state index in [0.717, 1.165) is 18.4 Å². The van der Waals surface area contributed by atoms with Crippen LogP contribution in [0.15, 0.2) is 30.3 Å². The third-order valence-electron chi connectivity index (χ3n) is 7.67. The lowest BCUT2D eigenvalue weighted by molar-refractivity contribution is -0.146. The minimum atomic E-state index is -0.551. The summed E-state index contributed by atoms with van der Waals surface area (Å²) in [5.41, 5.74) is 6.88. The van der Waals surface area contributed by atoms with Crippen molar-refractivity contribution in [2.45, 2.75) is 57.4 Å². The van der Waals surface area contributed by atoms with E-state index >= 15 is 0 Å². The summed E-state index contributed by atoms with van der Waals surface area (Å²) < 4.78 is 0. The average molecular weight is 398 g/mol. The van der Waals surface area contributed by atoms with Gasteiger partial charge in [0.25, 0.3) is 0 Å². The molecular formula is C24H35N3O2. The Balaban J connectivity index is 1.34. The molecule has 0 spiro atoms. The molecule has 5 heteroatoms. The van der Waals surface area contributed by atoms with Gasteiger partial charge in [-0.25, -0.2) is 0 Å². The lowest BCUT2D eigenvalue weighted by atomic mass is 9.65. The van der Waals surface area contributed by atoms with E-state index in [1.807, 2.05) is 54.0 Å². The van der Waals surface area contributed by atoms with Gasteiger partial charge in [0.1, 0.15) is 0 Å². The highest BCUT2D eigenvalue weighted by atomic mass is 16.2. The molecule has 29 heavy (non-hydrogen) atoms. The molecule has 2 bridgehead atoms. The number of nitrogens with two attached hydrogens (primary N) is 1. The zero-order valence-electron chi connectivity index (χ0n) is 17.8. The fourth-order valence-corrected chi connectivity index (χ4v) is 5.75. The van der Waals surface area contributed by atoms with Crippen LogP contribution in [0.2, 0.25) is 0 Å². The highest BCUT2D eigenvalue weighted by molar-refractivity contribution is 5.88. The summed E-state index contributed by atoms with van der Waals surface area (Å²) in [7, 11) is 0. The molecule has 3 aliphatic rings. The first kappa shape index (κ1) is 20.4. The number of carbonyl (C=O) groups is 2. The van der Waals surface area contributed by atoms with Crippen LogP contribution in [0.25, 0.3) is 0 Å². The molecule has 1 aromatic carbocycles. The maximum absolute atomic E-state index is 13.2. The highest BCUT2D eigenvalue weighted by Crippen LogP contribution is 2.42. The molecule has 2 N–H and O–H groups in total. The van der Waals surface area contributed by atoms with Crippen LogP contribution in [-0.2, 0) is 15.0 Å². The van der Waals surface area contributed by atoms with Crippen molar-refractivity contribution in [3.8, 4) is 0 Å². The highest BCUT2D eigenvalue weighted by Gasteiger charge is 2.42. The van der Waals surface area contributed by atoms with Gasteiger partial charge in [-0.2, -0.15) is 0 Å². The van der Waals surface area contributed by atoms with Crippen LogP contribution in [0.1, 0.15) is 51.5 Å². The summed E-state index contributed by atoms with van der Waals surface area (Å²) in [6.07, 6.45) is 5.53. The van der Waals surface area contributed by atoms with Crippen LogP contribution in [0.3, 0.4) is 0 Å². The Morgan fingerprint density at radius 2 is 1.48 bits per heavy atom. The van der Waals surface area contributed by atoms with E-state index in [0.29, 0.717) is 50.0 Å². The second-order valence-corrected chi connectivity index (χ2v) is 9.81. The maximum atomic E-state index is 13.2. The molecule has 158 valence electrons. The fraction of sp³-hybridized carbons (Fsp3) is 0.667. The van der Waals surface area contributed by atoms with Gasteiger partial charge in [0.2, 0.25) is 11.8 Å². The smallest absolute Gasteiger partial charge is 0.232 e. The molecule has 1 saturated heterocycles. The van der Waals surface area contributed by atoms with Crippen LogP contribution in [0, 0.1) is 17.8 Å². The second kappa shape index (κ2) is 8.10. The minimum Gasteiger partial charge on any atom is -0.339 e. The molecule has 2 amide bonds. The summed E-state index contributed by atoms with van der Waals surface area (Å²) in [4.78, 5) is 30.3. The molecule has 1 aliphatic heterocycles. The number of piperazine rings is 1. The Morgan fingerprint density at radius 3 is 2.07 bits per heavy atom. The van der Waals surface area contributed by atoms with Gasteiger partial charge in [0, 0.05) is 38.1 Å². The van der Waals surface area contributed by atoms with Crippen molar-refractivity contribution in [2.24, 2.45) is 23.5 Å². The van der Waals surface area contributed by atoms with Crippen LogP contribution in [0.4, 0.5) is 0 Å². The monoisotopic (exact) mass is 397 g/mol. The third-order valence-corrected chi connectivity index (χ3v) is 7.67. The van der Waals surface area contributed by atoms with Crippen molar-refractivity contribution in [1.29, 1.82) is 0 Å². The Bertz CT molecular complexity index is 726. The molecule has 5 nitrogen and oxygen atoms in total. The van der Waals surface area contributed by atoms with Gasteiger partial charge in [0.05, 0.1) is 5.41 Å². The Kier molecular flexibility index (Phi) is 5.69. The first-order chi connectivity index (χ1) is 13.9. The first-order valence-electron chi connectivity index (χ1n) is 11.3. The number of rotatable bonds is 3. The number of fused-ring (bicyclic) bond motifs is 2. The number of benzene rings is 1. The van der Waals surface area contributed by atoms with E-state index in [2.05, 4.69) is 0 Å². The van der Waals surface area contributed by atoms with E-state index < -0.39 is 5.41 Å². The molecule has 2 unspecified atom stereocenters. The molecule has 1 aromatic rings. The van der Waals surface area contributed by atoms with Crippen LogP contribution >= 0.6 is 0 Å². The normalized spacial score (nSPS) is 30.2. The predicted molar refractivity (Wildman–Crippen MR) is 114 cm³/mol. The number of carbonyl (C=O) groups excluding carboxylic acids is 2. The number of hydrogen-bond acceptors (Lipinski definition) is 3. The Labute approximate surface area is 174 Å². The Morgan fingerprint density at radius 1 is 0.931 bits per heavy atom. The quantitative estimate of drug-likeness (QED) is 0.853. The SMILES string of the molecule is CC(C)(C(=O)N1CCN(C(=O)C2CC3CCCC(C2)C3N)CC1)c1ccccc1. The van der Waals surface area contributed by atoms with Gasteiger partial charge in [-0.15, -0.1) is 0 Å². The van der Waals surface area contributed by atoms with Crippen molar-refractivity contribution in [3.63, 3.8) is 0 Å². The van der Waals surface area contributed by atoms with Gasteiger partial charge in [-0.05, 0) is 56.9 Å². The van der Waals surface area contributed by atoms with E-state index in [1.54, 1.807) is 0 Å². The molecular weight excluding hydrogens is 362 g/mol. The first-order valence-corrected chi connectivity index (χ1v) is 11.3. The van der Waals surface area contributed by atoms with Crippen LogP contribution in [0.5, 0.6) is 0 Å². The number of nitrogens with zero attached hydrogens (tertiary/aromatic N) is 2. The van der Waals surface area contributed by atoms with Crippen molar-refractivity contribution >= 4 is 11.8 Å². The van der Waals surface area contributed by atoms with Gasteiger partial charge >= 0.3 is 0 Å². The molecule has 0 aromatic heterocycles. The van der Waals surface area contributed by atoms with E-state index in [1.165, 1.54) is 19.3 Å². The molecule has 4 rings (SSSR count). The fourth-order valence-electron chi connectivity index (χ4n) is 5.75. The summed E-state index contributed by atoms with van der Waals surface area (Å²) in [5.74, 6) is 1.61. The van der Waals surface area contributed by atoms with Crippen molar-refractivity contribution in [1.82, 2.24) is 9.80 Å². The summed E-state index contributed by atoms with van der Waals surface area (Å²) in [6, 6.07) is 10.3. The number of amides is 2. The molecule has 3 fully saturated rings. The molecule has 0 radical (unpaired) electrons. The second-order valence-electron chi connectivity index (χ2n) is 9.81. The van der Waals surface area contributed by atoms with Gasteiger partial charge < -0.3 is 15.5 Å². The lowest BCUT2D eigenvalue weighted by Gasteiger charge is -2.45. The number of hydrogen-bond donors (Lipinski definition) is 1. The topological polar surface area (TPSA) is 66.6 Å². The zero-order valence-corrected chi connectivity index (χ0v) is 17.8. The standard InChI is InChI=1S/C24H35N3O2/c1-24(2,20-9-4-3-5-10-20)23(29)27-13-11-26(12-14-27)22(28)19-15-17-7-6-8-18(16-19)21(17)25/h3-5,9-10,17-19,21H,6-8,11-16,25H2,1-2H3. The molecule has 2 aliphatic carbocycles. The van der Waals surface area contributed by atoms with Gasteiger partial charge in [-0.3, -0.25) is 9.59 Å². The third kappa shape index (κ3) is 3.94. The molecule has 2 atom stereocenters. The van der Waals surface area contributed by atoms with E-state index in [-0.39, 0.29) is 11.8 Å². The van der Waals surface area contributed by atoms with E-state index in [9.17, 15) is 9.59 Å². The molecule has 2 saturated carbocycles. The largest absolute Gasteiger partial charge is 0.339 e. The maximum Gasteiger partial charge on any atom is 0.232 e. The van der Waals surface area contributed by atoms with Crippen molar-refractivity contribution in [2.75, 3.05) is 26.2 Å². The summed E-state index contributed by atoms with van der Waals surface area (Å²) in [5, 5.41) is 0. The van der Waals surface area contributed by atoms with Crippen molar-refractivity contribution < 1.29 is 9.59 Å². The average Bonchev–Trinajstić information content (AvgIpc) is 2.73. The van der Waals surface area contributed by atoms with Crippen molar-refractivity contribution in [3.05, 3.63) is 35.9 Å². The zero-order chi connectivity index (χ0) is 20.6. The van der Waals surface area contributed by atoms with Gasteiger partial charge in [-0.1, -0.05) is 36.8 Å². The molecule has 1 heterocycles. The summed E-state index contributed by atoms with van der Waals surface area (Å²) in [6.45, 7) is 6.53. The summed E-state index contributed by atoms with van der Waals surface area (Å²) >= 11 is 0. The minimum absolute atomic E-state index is 0.133. The van der Waals surface area contributed by atoms with Crippen LogP contribution < -0.4 is 5.73 Å². The van der Waals surface area contributed by atoms with Crippen LogP contribution in [-0.4, -0.2) is 53.8 Å². The predicted octanol–water partition coefficient (Wildman–Crippen LogP) is 2.79. The lowest BCUT2D eigenvalue weighted by Crippen LogP contribution is -2.56. The van der Waals surface area contributed by atoms with Gasteiger partial charge in [0.15, 0.2) is 0 Å².